The smallest absolute Gasteiger partial charge is 0.369 e. The van der Waals surface area contributed by atoms with E-state index in [9.17, 15) is 13.2 Å². The topological polar surface area (TPSA) is 107 Å². The summed E-state index contributed by atoms with van der Waals surface area (Å²) in [6.45, 7) is -0.790. The summed E-state index contributed by atoms with van der Waals surface area (Å²) in [4.78, 5) is 4.06. The molecule has 0 atom stereocenters. The fourth-order valence-electron chi connectivity index (χ4n) is 1.23. The van der Waals surface area contributed by atoms with Crippen molar-refractivity contribution in [3.05, 3.63) is 6.20 Å². The van der Waals surface area contributed by atoms with Gasteiger partial charge in [0.15, 0.2) is 18.5 Å². The van der Waals surface area contributed by atoms with Crippen LogP contribution in [0.1, 0.15) is 12.8 Å². The highest BCUT2D eigenvalue weighted by atomic mass is 19.3. The summed E-state index contributed by atoms with van der Waals surface area (Å²) in [6, 6.07) is -3.84. The van der Waals surface area contributed by atoms with Crippen molar-refractivity contribution in [3.8, 4) is 0 Å². The Kier molecular flexibility index (Phi) is 5.55. The van der Waals surface area contributed by atoms with Crippen molar-refractivity contribution >= 4 is 11.8 Å². The van der Waals surface area contributed by atoms with Crippen LogP contribution < -0.4 is 16.8 Å². The van der Waals surface area contributed by atoms with Crippen LogP contribution in [0.2, 0.25) is 0 Å². The van der Waals surface area contributed by atoms with Gasteiger partial charge in [-0.1, -0.05) is 0 Å². The Morgan fingerprint density at radius 2 is 2.21 bits per heavy atom. The fraction of sp³-hybridized carbons (Fsp3) is 0.667. The summed E-state index contributed by atoms with van der Waals surface area (Å²) in [7, 11) is 0. The van der Waals surface area contributed by atoms with Crippen molar-refractivity contribution in [2.45, 2.75) is 25.4 Å². The van der Waals surface area contributed by atoms with Crippen molar-refractivity contribution < 1.29 is 13.2 Å². The van der Waals surface area contributed by atoms with Crippen LogP contribution in [0.5, 0.6) is 0 Å². The number of aryl methyl sites for hydroxylation is 1. The lowest BCUT2D eigenvalue weighted by molar-refractivity contribution is -0.0130. The van der Waals surface area contributed by atoms with Crippen LogP contribution in [-0.2, 0) is 6.54 Å². The van der Waals surface area contributed by atoms with Gasteiger partial charge in [-0.15, -0.1) is 5.10 Å². The van der Waals surface area contributed by atoms with E-state index in [1.165, 1.54) is 11.0 Å². The van der Waals surface area contributed by atoms with Crippen molar-refractivity contribution in [2.24, 2.45) is 16.5 Å². The summed E-state index contributed by atoms with van der Waals surface area (Å²) in [5.74, 6) is -0.472. The Bertz CT molecular complexity index is 418. The van der Waals surface area contributed by atoms with Crippen LogP contribution in [0.15, 0.2) is 11.2 Å². The molecule has 1 heterocycles. The van der Waals surface area contributed by atoms with Crippen molar-refractivity contribution in [2.75, 3.05) is 18.5 Å². The third-order valence-electron chi connectivity index (χ3n) is 2.05. The maximum atomic E-state index is 12.6. The van der Waals surface area contributed by atoms with Crippen LogP contribution in [0.3, 0.4) is 0 Å². The third-order valence-corrected chi connectivity index (χ3v) is 2.05. The number of hydrogen-bond acceptors (Lipinski definition) is 4. The summed E-state index contributed by atoms with van der Waals surface area (Å²) in [5, 5.41) is 10.1. The van der Waals surface area contributed by atoms with E-state index in [1.54, 1.807) is 0 Å². The first-order valence-electron chi connectivity index (χ1n) is 5.63. The van der Waals surface area contributed by atoms with Gasteiger partial charge < -0.3 is 16.8 Å². The number of guanidine groups is 1. The van der Waals surface area contributed by atoms with Gasteiger partial charge in [0, 0.05) is 0 Å². The average Bonchev–Trinajstić information content (AvgIpc) is 2.76. The molecule has 0 aliphatic rings. The second kappa shape index (κ2) is 6.92. The van der Waals surface area contributed by atoms with Crippen molar-refractivity contribution in [3.63, 3.8) is 0 Å². The van der Waals surface area contributed by atoms with Crippen LogP contribution >= 0.6 is 0 Å². The number of halogens is 3. The number of anilines is 1. The van der Waals surface area contributed by atoms with Crippen molar-refractivity contribution in [1.82, 2.24) is 15.0 Å². The Labute approximate surface area is 107 Å². The number of alkyl halides is 3. The molecular weight excluding hydrogens is 263 g/mol. The molecule has 1 aromatic heterocycles. The number of nitrogens with one attached hydrogen (secondary N) is 1. The van der Waals surface area contributed by atoms with Gasteiger partial charge >= 0.3 is 6.05 Å². The molecule has 0 aliphatic carbocycles. The van der Waals surface area contributed by atoms with E-state index < -0.39 is 18.7 Å². The predicted octanol–water partition coefficient (Wildman–Crippen LogP) is 0.306. The molecule has 0 radical (unpaired) electrons. The van der Waals surface area contributed by atoms with E-state index in [4.69, 9.17) is 11.5 Å². The summed E-state index contributed by atoms with van der Waals surface area (Å²) in [6.07, 6.45) is 2.93. The van der Waals surface area contributed by atoms with Gasteiger partial charge in [-0.3, -0.25) is 0 Å². The highest BCUT2D eigenvalue weighted by Crippen LogP contribution is 2.15. The quantitative estimate of drug-likeness (QED) is 0.288. The molecule has 0 aromatic carbocycles. The molecule has 10 heteroatoms. The average molecular weight is 279 g/mol. The lowest BCUT2D eigenvalue weighted by atomic mass is 10.3. The number of aliphatic imine (C=N–C) groups is 1. The van der Waals surface area contributed by atoms with E-state index in [2.05, 4.69) is 20.5 Å². The number of rotatable bonds is 7. The van der Waals surface area contributed by atoms with Gasteiger partial charge in [0.2, 0.25) is 0 Å². The van der Waals surface area contributed by atoms with Crippen LogP contribution in [0.25, 0.3) is 0 Å². The Balaban J connectivity index is 2.53. The van der Waals surface area contributed by atoms with E-state index >= 15 is 0 Å². The minimum absolute atomic E-state index is 0.156. The predicted molar refractivity (Wildman–Crippen MR) is 64.5 cm³/mol. The normalized spacial score (nSPS) is 12.7. The van der Waals surface area contributed by atoms with Gasteiger partial charge in [0.25, 0.3) is 0 Å². The molecule has 0 unspecified atom stereocenters. The van der Waals surface area contributed by atoms with Gasteiger partial charge in [0.05, 0.1) is 12.7 Å². The number of unbranched alkanes of at least 4 members (excludes halogenated alkanes) is 1. The molecule has 5 N–H and O–H groups in total. The minimum atomic E-state index is -3.84. The number of aromatic nitrogens is 3. The molecule has 19 heavy (non-hydrogen) atoms. The van der Waals surface area contributed by atoms with Crippen LogP contribution in [0, 0.1) is 0 Å². The number of nitrogens with zero attached hydrogens (tertiary/aromatic N) is 4. The first-order valence-corrected chi connectivity index (χ1v) is 5.63. The summed E-state index contributed by atoms with van der Waals surface area (Å²) < 4.78 is 37.0. The molecule has 0 bridgehead atoms. The Hall–Kier alpha value is -1.84. The SMILES string of the molecule is NCCCCn1ncc(N/C(N)=N\C(F)(F)CF)n1. The molecule has 0 saturated heterocycles. The first-order chi connectivity index (χ1) is 8.96. The number of nitrogens with two attached hydrogens (primary N) is 2. The minimum Gasteiger partial charge on any atom is -0.369 e. The second-order valence-corrected chi connectivity index (χ2v) is 3.74. The van der Waals surface area contributed by atoms with Gasteiger partial charge in [0.1, 0.15) is 0 Å². The molecule has 1 rings (SSSR count). The van der Waals surface area contributed by atoms with E-state index in [1.807, 2.05) is 0 Å². The maximum absolute atomic E-state index is 12.6. The molecule has 0 amide bonds. The Morgan fingerprint density at radius 3 is 2.84 bits per heavy atom. The molecule has 0 saturated carbocycles. The van der Waals surface area contributed by atoms with E-state index in [-0.39, 0.29) is 5.82 Å². The molecule has 0 aliphatic heterocycles. The highest BCUT2D eigenvalue weighted by Gasteiger charge is 2.28. The zero-order chi connectivity index (χ0) is 14.3. The molecule has 108 valence electrons. The highest BCUT2D eigenvalue weighted by molar-refractivity contribution is 5.91. The molecular formula is C9H16F3N7. The standard InChI is InChI=1S/C9H16F3N7/c10-6-9(11,12)17-8(14)16-7-5-15-19(18-7)4-2-1-3-13/h5H,1-4,6,13H2,(H3,14,16,17,18). The summed E-state index contributed by atoms with van der Waals surface area (Å²) in [5.41, 5.74) is 10.5. The Morgan fingerprint density at radius 1 is 1.47 bits per heavy atom. The zero-order valence-corrected chi connectivity index (χ0v) is 10.2. The third kappa shape index (κ3) is 5.55. The molecule has 0 fully saturated rings. The molecule has 1 aromatic rings. The van der Waals surface area contributed by atoms with Crippen LogP contribution in [0.4, 0.5) is 19.0 Å². The van der Waals surface area contributed by atoms with E-state index in [0.29, 0.717) is 13.1 Å². The molecule has 0 spiro atoms. The van der Waals surface area contributed by atoms with Gasteiger partial charge in [-0.2, -0.15) is 23.7 Å². The zero-order valence-electron chi connectivity index (χ0n) is 10.2. The van der Waals surface area contributed by atoms with Gasteiger partial charge in [-0.05, 0) is 19.4 Å². The van der Waals surface area contributed by atoms with Crippen molar-refractivity contribution in [1.29, 1.82) is 0 Å². The van der Waals surface area contributed by atoms with Gasteiger partial charge in [-0.25, -0.2) is 4.39 Å². The molecule has 7 nitrogen and oxygen atoms in total. The lowest BCUT2D eigenvalue weighted by Gasteiger charge is -2.07. The van der Waals surface area contributed by atoms with E-state index in [0.717, 1.165) is 12.8 Å². The maximum Gasteiger partial charge on any atom is 0.373 e. The first kappa shape index (κ1) is 15.2. The number of hydrogen-bond donors (Lipinski definition) is 3. The fourth-order valence-corrected chi connectivity index (χ4v) is 1.23. The largest absolute Gasteiger partial charge is 0.373 e. The second-order valence-electron chi connectivity index (χ2n) is 3.74. The monoisotopic (exact) mass is 279 g/mol. The summed E-state index contributed by atoms with van der Waals surface area (Å²) >= 11 is 0. The lowest BCUT2D eigenvalue weighted by Crippen LogP contribution is -2.29. The van der Waals surface area contributed by atoms with Crippen LogP contribution in [-0.4, -0.2) is 40.2 Å².